The van der Waals surface area contributed by atoms with Crippen LogP contribution in [-0.2, 0) is 24.0 Å². The van der Waals surface area contributed by atoms with Crippen molar-refractivity contribution < 1.29 is 4.74 Å². The lowest BCUT2D eigenvalue weighted by Gasteiger charge is -2.02. The summed E-state index contributed by atoms with van der Waals surface area (Å²) in [4.78, 5) is 14.0. The molecule has 0 saturated heterocycles. The average molecular weight is 843 g/mol. The van der Waals surface area contributed by atoms with Crippen LogP contribution in [-0.4, -0.2) is 13.2 Å². The van der Waals surface area contributed by atoms with Crippen LogP contribution in [0.15, 0.2) is 97.1 Å². The van der Waals surface area contributed by atoms with E-state index in [1.54, 1.807) is 0 Å². The Morgan fingerprint density at radius 1 is 0.456 bits per heavy atom. The molecule has 0 N–H and O–H groups in total. The van der Waals surface area contributed by atoms with Crippen LogP contribution in [0.2, 0.25) is 0 Å². The van der Waals surface area contributed by atoms with Crippen molar-refractivity contribution in [2.75, 3.05) is 13.2 Å². The Labute approximate surface area is 361 Å². The van der Waals surface area contributed by atoms with Gasteiger partial charge in [0.1, 0.15) is 0 Å². The fourth-order valence-electron chi connectivity index (χ4n) is 7.04. The van der Waals surface area contributed by atoms with E-state index < -0.39 is 0 Å². The van der Waals surface area contributed by atoms with Gasteiger partial charge in [0.2, 0.25) is 0 Å². The third-order valence-corrected chi connectivity index (χ3v) is 16.8. The summed E-state index contributed by atoms with van der Waals surface area (Å²) in [7, 11) is 0. The second-order valence-electron chi connectivity index (χ2n) is 14.8. The molecule has 1 nitrogen and oxygen atoms in total. The Balaban J connectivity index is 1.12. The van der Waals surface area contributed by atoms with Crippen LogP contribution in [0.1, 0.15) is 105 Å². The molecule has 0 spiro atoms. The second kappa shape index (κ2) is 20.9. The number of ether oxygens (including phenoxy) is 1. The molecule has 0 unspecified atom stereocenters. The number of hydrogen-bond acceptors (Lipinski definition) is 6. The first-order chi connectivity index (χ1) is 28.0. The summed E-state index contributed by atoms with van der Waals surface area (Å²) in [5.41, 5.74) is 7.63. The van der Waals surface area contributed by atoms with Gasteiger partial charge in [-0.05, 0) is 129 Å². The highest BCUT2D eigenvalue weighted by atomic mass is 32.1. The molecule has 0 fully saturated rings. The number of rotatable bonds is 19. The molecule has 0 atom stereocenters. The zero-order valence-corrected chi connectivity index (χ0v) is 38.0. The summed E-state index contributed by atoms with van der Waals surface area (Å²) in [5, 5.41) is 0. The predicted octanol–water partition coefficient (Wildman–Crippen LogP) is 16.9. The molecule has 294 valence electrons. The average Bonchev–Trinajstić information content (AvgIpc) is 4.08. The highest BCUT2D eigenvalue weighted by molar-refractivity contribution is 7.30. The Morgan fingerprint density at radius 3 is 1.54 bits per heavy atom. The molecule has 0 radical (unpaired) electrons. The first-order valence-electron chi connectivity index (χ1n) is 20.8. The van der Waals surface area contributed by atoms with Crippen molar-refractivity contribution in [3.8, 4) is 61.3 Å². The zero-order valence-electron chi connectivity index (χ0n) is 33.9. The zero-order chi connectivity index (χ0) is 39.4. The topological polar surface area (TPSA) is 9.23 Å². The third kappa shape index (κ3) is 11.1. The Morgan fingerprint density at radius 2 is 0.965 bits per heavy atom. The first-order valence-corrected chi connectivity index (χ1v) is 24.9. The molecular weight excluding hydrogens is 789 g/mol. The molecular formula is C51H54OS5. The quantitative estimate of drug-likeness (QED) is 0.0582. The minimum atomic E-state index is 0.778. The van der Waals surface area contributed by atoms with Gasteiger partial charge in [-0.2, -0.15) is 0 Å². The molecule has 6 heteroatoms. The molecule has 0 saturated carbocycles. The van der Waals surface area contributed by atoms with Crippen molar-refractivity contribution in [1.29, 1.82) is 0 Å². The molecule has 57 heavy (non-hydrogen) atoms. The number of unbranched alkanes of at least 4 members (excludes halogenated alkanes) is 6. The molecule has 0 bridgehead atoms. The summed E-state index contributed by atoms with van der Waals surface area (Å²) >= 11 is 9.79. The van der Waals surface area contributed by atoms with Gasteiger partial charge in [0.25, 0.3) is 0 Å². The molecule has 7 aromatic rings. The molecule has 0 aliphatic carbocycles. The minimum Gasteiger partial charge on any atom is -0.381 e. The minimum absolute atomic E-state index is 0.778. The Bertz CT molecular complexity index is 2360. The van der Waals surface area contributed by atoms with Gasteiger partial charge >= 0.3 is 0 Å². The molecule has 5 aromatic heterocycles. The van der Waals surface area contributed by atoms with Crippen LogP contribution in [0.25, 0.3) is 49.5 Å². The van der Waals surface area contributed by atoms with Gasteiger partial charge in [0, 0.05) is 72.9 Å². The van der Waals surface area contributed by atoms with E-state index in [0.29, 0.717) is 0 Å². The van der Waals surface area contributed by atoms with Crippen molar-refractivity contribution in [3.63, 3.8) is 0 Å². The lowest BCUT2D eigenvalue weighted by Crippen LogP contribution is -1.95. The van der Waals surface area contributed by atoms with Crippen LogP contribution in [0.3, 0.4) is 0 Å². The molecule has 5 heterocycles. The third-order valence-electron chi connectivity index (χ3n) is 10.3. The van der Waals surface area contributed by atoms with Crippen LogP contribution in [0.4, 0.5) is 0 Å². The van der Waals surface area contributed by atoms with Crippen molar-refractivity contribution >= 4 is 56.7 Å². The van der Waals surface area contributed by atoms with Crippen molar-refractivity contribution in [2.45, 2.75) is 98.3 Å². The maximum Gasteiger partial charge on any atom is 0.0514 e. The number of hydrogen-bond donors (Lipinski definition) is 0. The number of aryl methyl sites for hydroxylation is 3. The standard InChI is InChI=1S/C51H54OS5/c1-5-8-10-12-14-40-34-48(39-24-22-38(23-25-39)21-20-37-18-16-36(4)17-19-37)56-50(40)46-30-28-43(54-46)44-29-31-47(55-44)51-41(15-13-11-9-6-2)35-49(57-51)45-27-26-42(53-45)32-33-52-7-3/h16-19,22-31,34-35H,5-15,32-33H2,1-4H3. The van der Waals surface area contributed by atoms with Crippen LogP contribution >= 0.6 is 56.7 Å². The van der Waals surface area contributed by atoms with Crippen molar-refractivity contribution in [1.82, 2.24) is 0 Å². The van der Waals surface area contributed by atoms with E-state index >= 15 is 0 Å². The lowest BCUT2D eigenvalue weighted by molar-refractivity contribution is 0.151. The Hall–Kier alpha value is -3.54. The van der Waals surface area contributed by atoms with Crippen LogP contribution in [0, 0.1) is 18.8 Å². The second-order valence-corrected chi connectivity index (χ2v) is 20.2. The van der Waals surface area contributed by atoms with Crippen molar-refractivity contribution in [3.05, 3.63) is 130 Å². The summed E-state index contributed by atoms with van der Waals surface area (Å²) in [6, 6.07) is 36.3. The maximum atomic E-state index is 5.64. The Kier molecular flexibility index (Phi) is 15.3. The van der Waals surface area contributed by atoms with E-state index in [1.165, 1.54) is 122 Å². The van der Waals surface area contributed by atoms with E-state index in [0.717, 1.165) is 43.6 Å². The van der Waals surface area contributed by atoms with E-state index in [9.17, 15) is 0 Å². The number of thiophene rings is 5. The van der Waals surface area contributed by atoms with Crippen molar-refractivity contribution in [2.24, 2.45) is 0 Å². The predicted molar refractivity (Wildman–Crippen MR) is 256 cm³/mol. The smallest absolute Gasteiger partial charge is 0.0514 e. The first kappa shape index (κ1) is 41.6. The fraction of sp³-hybridized carbons (Fsp3) is 0.333. The molecule has 0 amide bonds. The molecule has 7 rings (SSSR count). The summed E-state index contributed by atoms with van der Waals surface area (Å²) in [5.74, 6) is 6.68. The van der Waals surface area contributed by atoms with Gasteiger partial charge in [0.05, 0.1) is 6.61 Å². The van der Waals surface area contributed by atoms with Crippen LogP contribution in [0.5, 0.6) is 0 Å². The summed E-state index contributed by atoms with van der Waals surface area (Å²) in [6.45, 7) is 10.3. The lowest BCUT2D eigenvalue weighted by atomic mass is 10.0. The van der Waals surface area contributed by atoms with Gasteiger partial charge in [-0.1, -0.05) is 94.0 Å². The van der Waals surface area contributed by atoms with E-state index in [2.05, 4.69) is 137 Å². The monoisotopic (exact) mass is 842 g/mol. The van der Waals surface area contributed by atoms with Gasteiger partial charge in [-0.3, -0.25) is 0 Å². The molecule has 2 aromatic carbocycles. The largest absolute Gasteiger partial charge is 0.381 e. The van der Waals surface area contributed by atoms with Gasteiger partial charge < -0.3 is 4.74 Å². The van der Waals surface area contributed by atoms with Gasteiger partial charge in [0.15, 0.2) is 0 Å². The van der Waals surface area contributed by atoms with E-state index in [-0.39, 0.29) is 0 Å². The highest BCUT2D eigenvalue weighted by Crippen LogP contribution is 2.48. The van der Waals surface area contributed by atoms with Gasteiger partial charge in [-0.25, -0.2) is 0 Å². The maximum absolute atomic E-state index is 5.64. The van der Waals surface area contributed by atoms with E-state index in [1.807, 2.05) is 56.7 Å². The molecule has 0 aliphatic heterocycles. The van der Waals surface area contributed by atoms with E-state index in [4.69, 9.17) is 4.74 Å². The normalized spacial score (nSPS) is 11.3. The summed E-state index contributed by atoms with van der Waals surface area (Å²) in [6.07, 6.45) is 13.5. The fourth-order valence-corrected chi connectivity index (χ4v) is 12.9. The SMILES string of the molecule is CCCCCCc1cc(-c2ccc(C#Cc3ccc(C)cc3)cc2)sc1-c1ccc(-c2ccc(-c3sc(-c4ccc(CCOCC)s4)cc3CCCCCC)s2)s1. The summed E-state index contributed by atoms with van der Waals surface area (Å²) < 4.78 is 5.64. The molecule has 0 aliphatic rings. The van der Waals surface area contributed by atoms with Gasteiger partial charge in [-0.15, -0.1) is 56.7 Å². The highest BCUT2D eigenvalue weighted by Gasteiger charge is 2.19. The number of benzene rings is 2. The van der Waals surface area contributed by atoms with Crippen LogP contribution < -0.4 is 0 Å².